The van der Waals surface area contributed by atoms with Gasteiger partial charge in [0.25, 0.3) is 0 Å². The number of aromatic nitrogens is 2. The molecule has 0 saturated carbocycles. The molecule has 34 heavy (non-hydrogen) atoms. The van der Waals surface area contributed by atoms with Crippen LogP contribution in [-0.2, 0) is 6.42 Å². The third-order valence-corrected chi connectivity index (χ3v) is 5.54. The molecule has 1 aromatic heterocycles. The van der Waals surface area contributed by atoms with Gasteiger partial charge in [0.1, 0.15) is 42.4 Å². The van der Waals surface area contributed by atoms with Crippen LogP contribution in [0.3, 0.4) is 0 Å². The summed E-state index contributed by atoms with van der Waals surface area (Å²) in [5.74, 6) is 2.15. The Morgan fingerprint density at radius 1 is 1.15 bits per heavy atom. The van der Waals surface area contributed by atoms with E-state index < -0.39 is 5.97 Å². The first kappa shape index (κ1) is 23.2. The summed E-state index contributed by atoms with van der Waals surface area (Å²) in [6.45, 7) is 5.84. The van der Waals surface area contributed by atoms with E-state index >= 15 is 0 Å². The molecule has 1 aliphatic rings. The Morgan fingerprint density at radius 2 is 1.97 bits per heavy atom. The van der Waals surface area contributed by atoms with Crippen LogP contribution in [0.25, 0.3) is 11.3 Å². The summed E-state index contributed by atoms with van der Waals surface area (Å²) in [4.78, 5) is 20.1. The second-order valence-corrected chi connectivity index (χ2v) is 7.62. The Balaban J connectivity index is 1.50. The summed E-state index contributed by atoms with van der Waals surface area (Å²) in [7, 11) is 1.64. The van der Waals surface area contributed by atoms with Crippen molar-refractivity contribution in [1.82, 2.24) is 9.97 Å². The number of carboxylic acids is 1. The van der Waals surface area contributed by atoms with Crippen molar-refractivity contribution >= 4 is 11.8 Å². The van der Waals surface area contributed by atoms with Gasteiger partial charge in [0.2, 0.25) is 0 Å². The number of methoxy groups -OCH3 is 1. The van der Waals surface area contributed by atoms with Gasteiger partial charge >= 0.3 is 5.97 Å². The molecule has 2 aromatic carbocycles. The molecule has 2 heterocycles. The third kappa shape index (κ3) is 4.83. The second-order valence-electron chi connectivity index (χ2n) is 7.62. The van der Waals surface area contributed by atoms with Crippen molar-refractivity contribution in [2.45, 2.75) is 20.3 Å². The molecule has 0 atom stereocenters. The monoisotopic (exact) mass is 465 g/mol. The average Bonchev–Trinajstić information content (AvgIpc) is 2.85. The van der Waals surface area contributed by atoms with Gasteiger partial charge in [0, 0.05) is 35.4 Å². The van der Waals surface area contributed by atoms with Crippen LogP contribution in [0.5, 0.6) is 23.0 Å². The fraction of sp³-hybridized carbons (Fsp3) is 0.320. The van der Waals surface area contributed by atoms with E-state index in [2.05, 4.69) is 15.3 Å². The number of nitrogens with zero attached hydrogens (tertiary/aromatic N) is 2. The molecule has 2 N–H and O–H groups in total. The topological polar surface area (TPSA) is 112 Å². The Hall–Kier alpha value is -4.01. The van der Waals surface area contributed by atoms with Gasteiger partial charge in [0.05, 0.1) is 19.4 Å². The molecular formula is C25H27N3O6. The fourth-order valence-corrected chi connectivity index (χ4v) is 3.91. The van der Waals surface area contributed by atoms with Crippen LogP contribution in [0.15, 0.2) is 36.7 Å². The van der Waals surface area contributed by atoms with E-state index in [-0.39, 0.29) is 5.56 Å². The normalized spacial score (nSPS) is 12.2. The molecule has 0 bridgehead atoms. The largest absolute Gasteiger partial charge is 0.496 e. The van der Waals surface area contributed by atoms with Crippen molar-refractivity contribution in [2.24, 2.45) is 0 Å². The number of rotatable bonds is 9. The number of ether oxygens (including phenoxy) is 4. The van der Waals surface area contributed by atoms with Gasteiger partial charge in [-0.25, -0.2) is 14.8 Å². The zero-order chi connectivity index (χ0) is 24.1. The van der Waals surface area contributed by atoms with Crippen LogP contribution >= 0.6 is 0 Å². The second kappa shape index (κ2) is 10.3. The first-order valence-corrected chi connectivity index (χ1v) is 11.0. The molecular weight excluding hydrogens is 438 g/mol. The van der Waals surface area contributed by atoms with E-state index in [4.69, 9.17) is 18.9 Å². The summed E-state index contributed by atoms with van der Waals surface area (Å²) in [6, 6.07) is 8.61. The van der Waals surface area contributed by atoms with Gasteiger partial charge in [-0.05, 0) is 32.4 Å². The van der Waals surface area contributed by atoms with E-state index in [0.717, 1.165) is 28.2 Å². The summed E-state index contributed by atoms with van der Waals surface area (Å²) in [5.41, 5.74) is 3.55. The molecule has 1 aliphatic heterocycles. The van der Waals surface area contributed by atoms with Crippen molar-refractivity contribution in [3.63, 3.8) is 0 Å². The lowest BCUT2D eigenvalue weighted by atomic mass is 10.0. The SMILES string of the molecule is CCOc1cc(-c2cc(NCCc3c(OC)cc4c(c3C)OCCO4)ncn2)ccc1C(=O)O. The zero-order valence-electron chi connectivity index (χ0n) is 19.4. The van der Waals surface area contributed by atoms with E-state index in [1.807, 2.05) is 26.0 Å². The fourth-order valence-electron chi connectivity index (χ4n) is 3.91. The van der Waals surface area contributed by atoms with Crippen LogP contribution in [0.4, 0.5) is 5.82 Å². The van der Waals surface area contributed by atoms with Gasteiger partial charge in [-0.1, -0.05) is 6.07 Å². The molecule has 0 saturated heterocycles. The summed E-state index contributed by atoms with van der Waals surface area (Å²) in [6.07, 6.45) is 2.16. The van der Waals surface area contributed by atoms with Crippen LogP contribution in [0.1, 0.15) is 28.4 Å². The van der Waals surface area contributed by atoms with E-state index in [9.17, 15) is 9.90 Å². The molecule has 0 fully saturated rings. The lowest BCUT2D eigenvalue weighted by Crippen LogP contribution is -2.17. The van der Waals surface area contributed by atoms with Crippen LogP contribution in [0, 0.1) is 6.92 Å². The molecule has 0 unspecified atom stereocenters. The van der Waals surface area contributed by atoms with Gasteiger partial charge in [-0.2, -0.15) is 0 Å². The van der Waals surface area contributed by atoms with Crippen molar-refractivity contribution < 1.29 is 28.8 Å². The predicted octanol–water partition coefficient (Wildman–Crippen LogP) is 3.98. The highest BCUT2D eigenvalue weighted by molar-refractivity contribution is 5.91. The number of carbonyl (C=O) groups is 1. The lowest BCUT2D eigenvalue weighted by Gasteiger charge is -2.23. The molecule has 4 rings (SSSR count). The van der Waals surface area contributed by atoms with E-state index in [1.165, 1.54) is 12.4 Å². The van der Waals surface area contributed by atoms with Gasteiger partial charge in [-0.15, -0.1) is 0 Å². The van der Waals surface area contributed by atoms with E-state index in [1.54, 1.807) is 19.2 Å². The molecule has 0 radical (unpaired) electrons. The molecule has 0 spiro atoms. The first-order chi connectivity index (χ1) is 16.5. The standard InChI is InChI=1S/C25H27N3O6/c1-4-32-21-11-16(5-6-18(21)25(29)30)19-12-23(28-14-27-19)26-8-7-17-15(2)24-22(13-20(17)31-3)33-9-10-34-24/h5-6,11-14H,4,7-10H2,1-3H3,(H,29,30)(H,26,27,28). The van der Waals surface area contributed by atoms with Crippen molar-refractivity contribution in [2.75, 3.05) is 38.8 Å². The Kier molecular flexibility index (Phi) is 7.01. The van der Waals surface area contributed by atoms with E-state index in [0.29, 0.717) is 55.8 Å². The highest BCUT2D eigenvalue weighted by atomic mass is 16.6. The maximum atomic E-state index is 11.4. The van der Waals surface area contributed by atoms with Crippen molar-refractivity contribution in [3.8, 4) is 34.3 Å². The summed E-state index contributed by atoms with van der Waals surface area (Å²) < 4.78 is 22.6. The van der Waals surface area contributed by atoms with Crippen LogP contribution in [0.2, 0.25) is 0 Å². The van der Waals surface area contributed by atoms with Crippen LogP contribution in [-0.4, -0.2) is 54.5 Å². The zero-order valence-corrected chi connectivity index (χ0v) is 19.4. The Morgan fingerprint density at radius 3 is 2.74 bits per heavy atom. The van der Waals surface area contributed by atoms with Crippen molar-refractivity contribution in [3.05, 3.63) is 53.3 Å². The minimum absolute atomic E-state index is 0.113. The van der Waals surface area contributed by atoms with Gasteiger partial charge in [-0.3, -0.25) is 0 Å². The molecule has 3 aromatic rings. The quantitative estimate of drug-likeness (QED) is 0.484. The number of aromatic carboxylic acids is 1. The number of fused-ring (bicyclic) bond motifs is 1. The maximum Gasteiger partial charge on any atom is 0.339 e. The Bertz CT molecular complexity index is 1200. The molecule has 9 nitrogen and oxygen atoms in total. The number of hydrogen-bond donors (Lipinski definition) is 2. The number of anilines is 1. The minimum Gasteiger partial charge on any atom is -0.496 e. The van der Waals surface area contributed by atoms with Gasteiger partial charge in [0.15, 0.2) is 11.5 Å². The number of carboxylic acid groups (broad SMARTS) is 1. The Labute approximate surface area is 197 Å². The predicted molar refractivity (Wildman–Crippen MR) is 127 cm³/mol. The summed E-state index contributed by atoms with van der Waals surface area (Å²) >= 11 is 0. The van der Waals surface area contributed by atoms with Crippen molar-refractivity contribution in [1.29, 1.82) is 0 Å². The third-order valence-electron chi connectivity index (χ3n) is 5.54. The molecule has 0 amide bonds. The highest BCUT2D eigenvalue weighted by Crippen LogP contribution is 2.41. The smallest absolute Gasteiger partial charge is 0.339 e. The lowest BCUT2D eigenvalue weighted by molar-refractivity contribution is 0.0692. The average molecular weight is 466 g/mol. The van der Waals surface area contributed by atoms with Gasteiger partial charge < -0.3 is 29.4 Å². The molecule has 0 aliphatic carbocycles. The number of nitrogens with one attached hydrogen (secondary N) is 1. The first-order valence-electron chi connectivity index (χ1n) is 11.0. The number of benzene rings is 2. The highest BCUT2D eigenvalue weighted by Gasteiger charge is 2.21. The minimum atomic E-state index is -1.04. The summed E-state index contributed by atoms with van der Waals surface area (Å²) in [5, 5.41) is 12.7. The molecule has 178 valence electrons. The maximum absolute atomic E-state index is 11.4. The molecule has 9 heteroatoms. The van der Waals surface area contributed by atoms with Crippen LogP contribution < -0.4 is 24.3 Å². The number of hydrogen-bond acceptors (Lipinski definition) is 8.